The quantitative estimate of drug-likeness (QED) is 0.00986. The van der Waals surface area contributed by atoms with E-state index in [-0.39, 0.29) is 116 Å². The SMILES string of the molecule is COc1cccc2c1C(=O)c1c(O)c3c(c(O)c1C2=O)C[C@](O)(/C(CO)=N/NC(=O)CCOCCOCCOCCOCCOCCOCCNS(=O)(=O)c1ccc2c(N=Nc4ccccc4)c(O)ccc2c1)C[C@@H]3O[C@H]1CC(N)[C@H](O)C(C)O1. The predicted octanol–water partition coefficient (Wildman–Crippen LogP) is 3.65. The molecule has 3 aliphatic rings. The molecule has 1 saturated heterocycles. The van der Waals surface area contributed by atoms with Crippen molar-refractivity contribution >= 4 is 55.4 Å². The molecule has 1 aliphatic heterocycles. The molecule has 2 unspecified atom stereocenters. The van der Waals surface area contributed by atoms with Gasteiger partial charge in [0.15, 0.2) is 12.1 Å². The van der Waals surface area contributed by atoms with E-state index in [9.17, 15) is 53.4 Å². The average molecular weight is 1200 g/mol. The number of carbonyl (C=O) groups excluding carboxylic acids is 3. The van der Waals surface area contributed by atoms with E-state index in [0.29, 0.717) is 49.5 Å². The Bertz CT molecular complexity index is 3320. The minimum atomic E-state index is -3.85. The number of nitrogens with two attached hydrogens (primary N) is 1. The van der Waals surface area contributed by atoms with E-state index in [1.165, 1.54) is 43.5 Å². The Morgan fingerprint density at radius 3 is 2.05 bits per heavy atom. The first-order valence-electron chi connectivity index (χ1n) is 27.5. The molecule has 10 N–H and O–H groups in total. The molecule has 1 amide bonds. The fraction of sp³-hybridized carbons (Fsp3) is 0.448. The summed E-state index contributed by atoms with van der Waals surface area (Å²) in [6.07, 6.45) is -5.60. The molecular weight excluding hydrogens is 1130 g/mol. The number of aliphatic hydroxyl groups is 3. The highest BCUT2D eigenvalue weighted by molar-refractivity contribution is 7.89. The number of amides is 1. The monoisotopic (exact) mass is 1200 g/mol. The number of hydrazone groups is 1. The lowest BCUT2D eigenvalue weighted by atomic mass is 9.71. The first-order valence-corrected chi connectivity index (χ1v) is 28.9. The van der Waals surface area contributed by atoms with E-state index < -0.39 is 106 Å². The van der Waals surface area contributed by atoms with Crippen molar-refractivity contribution in [3.05, 3.63) is 112 Å². The lowest BCUT2D eigenvalue weighted by Crippen LogP contribution is -2.53. The number of fused-ring (bicyclic) bond motifs is 4. The number of aromatic hydroxyl groups is 3. The van der Waals surface area contributed by atoms with Crippen molar-refractivity contribution in [2.45, 2.75) is 73.7 Å². The summed E-state index contributed by atoms with van der Waals surface area (Å²) in [6, 6.07) is 20.1. The van der Waals surface area contributed by atoms with Crippen LogP contribution in [0.5, 0.6) is 23.0 Å². The highest BCUT2D eigenvalue weighted by atomic mass is 32.2. The minimum absolute atomic E-state index is 0.0342. The summed E-state index contributed by atoms with van der Waals surface area (Å²) in [4.78, 5) is 41.0. The molecule has 0 saturated carbocycles. The highest BCUT2D eigenvalue weighted by Crippen LogP contribution is 2.53. The Kier molecular flexibility index (Phi) is 22.6. The van der Waals surface area contributed by atoms with Crippen molar-refractivity contribution in [1.82, 2.24) is 10.1 Å². The van der Waals surface area contributed by atoms with Crippen LogP contribution in [0.25, 0.3) is 10.8 Å². The van der Waals surface area contributed by atoms with Crippen molar-refractivity contribution in [3.8, 4) is 23.0 Å². The van der Waals surface area contributed by atoms with Crippen LogP contribution in [0.2, 0.25) is 0 Å². The van der Waals surface area contributed by atoms with E-state index in [1.54, 1.807) is 31.2 Å². The number of azo groups is 1. The third kappa shape index (κ3) is 15.7. The van der Waals surface area contributed by atoms with E-state index in [1.807, 2.05) is 18.2 Å². The van der Waals surface area contributed by atoms with Gasteiger partial charge in [-0.3, -0.25) is 14.4 Å². The number of benzene rings is 5. The molecule has 458 valence electrons. The third-order valence-corrected chi connectivity index (χ3v) is 15.7. The smallest absolute Gasteiger partial charge is 0.242 e. The summed E-state index contributed by atoms with van der Waals surface area (Å²) in [5, 5.41) is 80.9. The van der Waals surface area contributed by atoms with Gasteiger partial charge in [-0.2, -0.15) is 10.2 Å². The van der Waals surface area contributed by atoms with Gasteiger partial charge in [0.1, 0.15) is 34.3 Å². The molecule has 1 heterocycles. The molecule has 27 heteroatoms. The van der Waals surface area contributed by atoms with Crippen LogP contribution >= 0.6 is 0 Å². The number of nitrogens with one attached hydrogen (secondary N) is 2. The minimum Gasteiger partial charge on any atom is -0.507 e. The number of methoxy groups -OCH3 is 1. The van der Waals surface area contributed by atoms with Crippen molar-refractivity contribution in [2.75, 3.05) is 99.5 Å². The zero-order valence-corrected chi connectivity index (χ0v) is 47.7. The van der Waals surface area contributed by atoms with Crippen LogP contribution in [0.1, 0.15) is 75.3 Å². The van der Waals surface area contributed by atoms with E-state index in [4.69, 9.17) is 48.4 Å². The number of carbonyl (C=O) groups is 3. The van der Waals surface area contributed by atoms with Gasteiger partial charge in [0.2, 0.25) is 21.7 Å². The van der Waals surface area contributed by atoms with Crippen LogP contribution in [0.3, 0.4) is 0 Å². The van der Waals surface area contributed by atoms with Crippen molar-refractivity contribution in [2.24, 2.45) is 21.1 Å². The van der Waals surface area contributed by atoms with E-state index in [2.05, 4.69) is 25.5 Å². The van der Waals surface area contributed by atoms with E-state index in [0.717, 1.165) is 0 Å². The molecule has 1 fully saturated rings. The van der Waals surface area contributed by atoms with Gasteiger partial charge in [0.25, 0.3) is 0 Å². The number of sulfonamides is 1. The van der Waals surface area contributed by atoms with Crippen molar-refractivity contribution in [1.29, 1.82) is 0 Å². The first-order chi connectivity index (χ1) is 41.0. The van der Waals surface area contributed by atoms with Crippen LogP contribution in [-0.4, -0.2) is 192 Å². The molecule has 6 atom stereocenters. The Hall–Kier alpha value is -6.93. The van der Waals surface area contributed by atoms with Crippen molar-refractivity contribution in [3.63, 3.8) is 0 Å². The van der Waals surface area contributed by atoms with Crippen LogP contribution in [0.15, 0.2) is 99.1 Å². The summed E-state index contributed by atoms with van der Waals surface area (Å²) in [6.45, 7) is 3.51. The summed E-state index contributed by atoms with van der Waals surface area (Å²) in [5.41, 5.74) is 5.20. The van der Waals surface area contributed by atoms with Gasteiger partial charge in [-0.15, -0.1) is 5.11 Å². The molecule has 0 aromatic heterocycles. The molecule has 5 aromatic carbocycles. The summed E-state index contributed by atoms with van der Waals surface area (Å²) < 4.78 is 79.1. The maximum absolute atomic E-state index is 14.1. The normalized spacial score (nSPS) is 20.6. The number of ketones is 2. The second kappa shape index (κ2) is 29.9. The number of hydrogen-bond donors (Lipinski definition) is 9. The fourth-order valence-corrected chi connectivity index (χ4v) is 11.0. The van der Waals surface area contributed by atoms with E-state index >= 15 is 0 Å². The maximum Gasteiger partial charge on any atom is 0.242 e. The van der Waals surface area contributed by atoms with Gasteiger partial charge in [-0.05, 0) is 48.7 Å². The Balaban J connectivity index is 0.683. The Labute approximate surface area is 489 Å². The molecule has 0 bridgehead atoms. The first kappa shape index (κ1) is 64.1. The second-order valence-corrected chi connectivity index (χ2v) is 21.8. The number of hydrogen-bond acceptors (Lipinski definition) is 24. The molecule has 2 aliphatic carbocycles. The largest absolute Gasteiger partial charge is 0.507 e. The molecule has 26 nitrogen and oxygen atoms in total. The third-order valence-electron chi connectivity index (χ3n) is 14.3. The maximum atomic E-state index is 14.1. The van der Waals surface area contributed by atoms with Crippen LogP contribution in [0.4, 0.5) is 11.4 Å². The number of phenols is 3. The Morgan fingerprint density at radius 1 is 0.776 bits per heavy atom. The topological polar surface area (TPSA) is 377 Å². The number of ether oxygens (including phenoxy) is 9. The van der Waals surface area contributed by atoms with Crippen LogP contribution in [-0.2, 0) is 59.1 Å². The van der Waals surface area contributed by atoms with Gasteiger partial charge in [-0.25, -0.2) is 18.6 Å². The lowest BCUT2D eigenvalue weighted by molar-refractivity contribution is -0.245. The zero-order valence-electron chi connectivity index (χ0n) is 46.8. The molecule has 8 rings (SSSR count). The highest BCUT2D eigenvalue weighted by Gasteiger charge is 2.50. The molecule has 0 radical (unpaired) electrons. The van der Waals surface area contributed by atoms with Gasteiger partial charge in [0.05, 0.1) is 151 Å². The summed E-state index contributed by atoms with van der Waals surface area (Å²) in [7, 11) is -2.54. The second-order valence-electron chi connectivity index (χ2n) is 20.0. The summed E-state index contributed by atoms with van der Waals surface area (Å²) >= 11 is 0. The lowest BCUT2D eigenvalue weighted by Gasteiger charge is -2.43. The molecule has 5 aromatic rings. The molecular formula is C58H70N6O20S. The van der Waals surface area contributed by atoms with Crippen LogP contribution in [0, 0.1) is 0 Å². The summed E-state index contributed by atoms with van der Waals surface area (Å²) in [5.74, 6) is -3.68. The van der Waals surface area contributed by atoms with Gasteiger partial charge in [0, 0.05) is 53.9 Å². The average Bonchev–Trinajstić information content (AvgIpc) is 0.812. The van der Waals surface area contributed by atoms with Crippen molar-refractivity contribution < 1.29 is 96.1 Å². The zero-order chi connectivity index (χ0) is 60.7. The van der Waals surface area contributed by atoms with Gasteiger partial charge < -0.3 is 79.0 Å². The molecule has 0 spiro atoms. The molecule has 85 heavy (non-hydrogen) atoms. The number of phenolic OH excluding ortho intramolecular Hbond substituents is 3. The van der Waals surface area contributed by atoms with Crippen LogP contribution < -0.4 is 20.6 Å². The van der Waals surface area contributed by atoms with Gasteiger partial charge in [-0.1, -0.05) is 42.5 Å². The van der Waals surface area contributed by atoms with Gasteiger partial charge >= 0.3 is 0 Å². The number of nitrogens with zero attached hydrogens (tertiary/aromatic N) is 3. The number of aliphatic hydroxyl groups excluding tert-OH is 2. The number of rotatable bonds is 31. The standard InChI is InChI=1S/C58H70N6O20S/c1-34-53(68)41(59)30-47(83-34)84-44-32-58(73,31-40-49(44)57(72)51-50(55(40)70)54(69)39-9-6-10-43(76-2)48(39)56(51)71)45(33-65)62-63-46(67)15-17-77-19-21-79-23-25-81-27-28-82-26-24-80-22-20-78-18-16-60-85(74,75)37-12-13-38-35(29-37)11-14-42(66)52(38)64-61-36-7-4-3-5-8-36/h3-14,29,34,41,44,47,53,60,65-66,68,70,72-73H,15-28,30-33,59H2,1-2H3,(H,63,67)/b62-45+,64-61?/t34?,41?,44-,47-,53+,58+/m0/s1. The fourth-order valence-electron chi connectivity index (χ4n) is 9.94. The predicted molar refractivity (Wildman–Crippen MR) is 303 cm³/mol. The Morgan fingerprint density at radius 2 is 1.41 bits per heavy atom.